The van der Waals surface area contributed by atoms with E-state index in [1.54, 1.807) is 0 Å². The van der Waals surface area contributed by atoms with Gasteiger partial charge in [0.1, 0.15) is 0 Å². The average Bonchev–Trinajstić information content (AvgIpc) is 2.92. The van der Waals surface area contributed by atoms with Gasteiger partial charge in [-0.25, -0.2) is 8.42 Å². The second-order valence-corrected chi connectivity index (χ2v) is 11.5. The second-order valence-electron chi connectivity index (χ2n) is 7.39. The Bertz CT molecular complexity index is 987. The fraction of sp³-hybridized carbons (Fsp3) is 0.450. The van der Waals surface area contributed by atoms with Crippen LogP contribution in [0.15, 0.2) is 35.2 Å². The third-order valence-corrected chi connectivity index (χ3v) is 8.32. The molecule has 0 saturated carbocycles. The summed E-state index contributed by atoms with van der Waals surface area (Å²) < 4.78 is 28.3. The van der Waals surface area contributed by atoms with Crippen LogP contribution in [0.25, 0.3) is 0 Å². The van der Waals surface area contributed by atoms with E-state index in [0.29, 0.717) is 34.7 Å². The van der Waals surface area contributed by atoms with Gasteiger partial charge in [-0.15, -0.1) is 11.3 Å². The largest absolute Gasteiger partial charge is 0.324 e. The standard InChI is InChI=1S/C20H25Cl2N3O3S2/c1-24(13-15-6-9-19(22)29-15)14-20(26)23-18-12-16(7-8-17(18)21)30(27,28)25-10-4-2-3-5-11-25/h6-9,12H,2-5,10-11,13-14H2,1H3,(H,23,26). The van der Waals surface area contributed by atoms with E-state index in [-0.39, 0.29) is 17.3 Å². The first kappa shape index (κ1) is 23.5. The summed E-state index contributed by atoms with van der Waals surface area (Å²) in [4.78, 5) is 15.5. The monoisotopic (exact) mass is 489 g/mol. The Morgan fingerprint density at radius 2 is 1.83 bits per heavy atom. The van der Waals surface area contributed by atoms with Crippen molar-refractivity contribution in [2.45, 2.75) is 37.1 Å². The number of amides is 1. The van der Waals surface area contributed by atoms with E-state index in [1.807, 2.05) is 24.1 Å². The zero-order valence-corrected chi connectivity index (χ0v) is 19.9. The first-order valence-electron chi connectivity index (χ1n) is 9.78. The number of nitrogens with one attached hydrogen (secondary N) is 1. The van der Waals surface area contributed by atoms with Crippen molar-refractivity contribution < 1.29 is 13.2 Å². The Balaban J connectivity index is 1.67. The van der Waals surface area contributed by atoms with Gasteiger partial charge in [0.15, 0.2) is 0 Å². The van der Waals surface area contributed by atoms with E-state index in [1.165, 1.54) is 33.8 Å². The summed E-state index contributed by atoms with van der Waals surface area (Å²) in [6.07, 6.45) is 3.80. The van der Waals surface area contributed by atoms with Gasteiger partial charge in [-0.2, -0.15) is 4.31 Å². The van der Waals surface area contributed by atoms with Crippen LogP contribution < -0.4 is 5.32 Å². The van der Waals surface area contributed by atoms with Gasteiger partial charge in [-0.1, -0.05) is 36.0 Å². The highest BCUT2D eigenvalue weighted by Crippen LogP contribution is 2.28. The number of nitrogens with zero attached hydrogens (tertiary/aromatic N) is 2. The zero-order chi connectivity index (χ0) is 21.7. The van der Waals surface area contributed by atoms with E-state index in [2.05, 4.69) is 5.32 Å². The Morgan fingerprint density at radius 1 is 1.13 bits per heavy atom. The number of likely N-dealkylation sites (N-methyl/N-ethyl adjacent to an activating group) is 1. The Kier molecular flexibility index (Phi) is 8.17. The highest BCUT2D eigenvalue weighted by Gasteiger charge is 2.26. The summed E-state index contributed by atoms with van der Waals surface area (Å²) in [5, 5.41) is 3.04. The molecule has 1 amide bonds. The lowest BCUT2D eigenvalue weighted by Gasteiger charge is -2.21. The number of carbonyl (C=O) groups is 1. The van der Waals surface area contributed by atoms with Crippen LogP contribution in [0.3, 0.4) is 0 Å². The Morgan fingerprint density at radius 3 is 2.47 bits per heavy atom. The molecule has 1 aromatic carbocycles. The number of sulfonamides is 1. The molecule has 1 saturated heterocycles. The van der Waals surface area contributed by atoms with Crippen LogP contribution in [0.1, 0.15) is 30.6 Å². The molecule has 30 heavy (non-hydrogen) atoms. The minimum absolute atomic E-state index is 0.134. The maximum Gasteiger partial charge on any atom is 0.243 e. The third kappa shape index (κ3) is 6.18. The summed E-state index contributed by atoms with van der Waals surface area (Å²) in [7, 11) is -1.79. The van der Waals surface area contributed by atoms with Gasteiger partial charge in [0.2, 0.25) is 15.9 Å². The van der Waals surface area contributed by atoms with Gasteiger partial charge in [-0.3, -0.25) is 9.69 Å². The number of anilines is 1. The minimum Gasteiger partial charge on any atom is -0.324 e. The number of hydrogen-bond donors (Lipinski definition) is 1. The molecule has 10 heteroatoms. The maximum absolute atomic E-state index is 13.0. The Labute approximate surface area is 191 Å². The molecule has 2 aromatic rings. The molecule has 0 radical (unpaired) electrons. The van der Waals surface area contributed by atoms with Crippen molar-refractivity contribution >= 4 is 56.2 Å². The van der Waals surface area contributed by atoms with E-state index < -0.39 is 10.0 Å². The van der Waals surface area contributed by atoms with E-state index in [9.17, 15) is 13.2 Å². The molecule has 6 nitrogen and oxygen atoms in total. The predicted octanol–water partition coefficient (Wildman–Crippen LogP) is 4.69. The number of carbonyl (C=O) groups excluding carboxylic acids is 1. The molecule has 0 bridgehead atoms. The molecule has 1 N–H and O–H groups in total. The maximum atomic E-state index is 13.0. The van der Waals surface area contributed by atoms with Crippen molar-refractivity contribution in [3.8, 4) is 0 Å². The van der Waals surface area contributed by atoms with E-state index >= 15 is 0 Å². The highest BCUT2D eigenvalue weighted by atomic mass is 35.5. The minimum atomic E-state index is -3.62. The van der Waals surface area contributed by atoms with Crippen LogP contribution in [0.2, 0.25) is 9.36 Å². The van der Waals surface area contributed by atoms with Crippen molar-refractivity contribution in [3.05, 3.63) is 44.6 Å². The molecule has 0 spiro atoms. The normalized spacial score (nSPS) is 15.9. The van der Waals surface area contributed by atoms with Gasteiger partial charge in [0.05, 0.1) is 26.5 Å². The van der Waals surface area contributed by atoms with Crippen molar-refractivity contribution in [1.82, 2.24) is 9.21 Å². The fourth-order valence-electron chi connectivity index (χ4n) is 3.39. The molecular weight excluding hydrogens is 465 g/mol. The molecule has 1 aromatic heterocycles. The van der Waals surface area contributed by atoms with Crippen LogP contribution >= 0.6 is 34.5 Å². The summed E-state index contributed by atoms with van der Waals surface area (Å²) >= 11 is 13.6. The molecule has 164 valence electrons. The lowest BCUT2D eigenvalue weighted by Crippen LogP contribution is -2.32. The lowest BCUT2D eigenvalue weighted by molar-refractivity contribution is -0.117. The van der Waals surface area contributed by atoms with Gasteiger partial charge >= 0.3 is 0 Å². The van der Waals surface area contributed by atoms with Gasteiger partial charge < -0.3 is 5.32 Å². The van der Waals surface area contributed by atoms with Crippen molar-refractivity contribution in [2.24, 2.45) is 0 Å². The Hall–Kier alpha value is -1.16. The first-order chi connectivity index (χ1) is 14.3. The highest BCUT2D eigenvalue weighted by molar-refractivity contribution is 7.89. The molecule has 0 unspecified atom stereocenters. The molecule has 1 aliphatic rings. The molecule has 0 atom stereocenters. The number of halogens is 2. The molecule has 2 heterocycles. The smallest absolute Gasteiger partial charge is 0.243 e. The van der Waals surface area contributed by atoms with Gasteiger partial charge in [0.25, 0.3) is 0 Å². The van der Waals surface area contributed by atoms with E-state index in [4.69, 9.17) is 23.2 Å². The van der Waals surface area contributed by atoms with E-state index in [0.717, 1.165) is 30.6 Å². The molecule has 1 aliphatic heterocycles. The number of thiophene rings is 1. The summed E-state index contributed by atoms with van der Waals surface area (Å²) in [6, 6.07) is 8.20. The van der Waals surface area contributed by atoms with Crippen molar-refractivity contribution in [1.29, 1.82) is 0 Å². The average molecular weight is 490 g/mol. The number of benzene rings is 1. The predicted molar refractivity (Wildman–Crippen MR) is 123 cm³/mol. The fourth-order valence-corrected chi connectivity index (χ4v) is 6.26. The van der Waals surface area contributed by atoms with Crippen LogP contribution in [0.4, 0.5) is 5.69 Å². The van der Waals surface area contributed by atoms with Gasteiger partial charge in [-0.05, 0) is 50.2 Å². The van der Waals surface area contributed by atoms with Crippen LogP contribution in [-0.2, 0) is 21.4 Å². The molecule has 3 rings (SSSR count). The van der Waals surface area contributed by atoms with Crippen LogP contribution in [0.5, 0.6) is 0 Å². The second kappa shape index (κ2) is 10.4. The number of rotatable bonds is 7. The quantitative estimate of drug-likeness (QED) is 0.612. The summed E-state index contributed by atoms with van der Waals surface area (Å²) in [6.45, 7) is 1.76. The number of hydrogen-bond acceptors (Lipinski definition) is 5. The molecule has 0 aliphatic carbocycles. The van der Waals surface area contributed by atoms with Gasteiger partial charge in [0, 0.05) is 24.5 Å². The van der Waals surface area contributed by atoms with Crippen molar-refractivity contribution in [2.75, 3.05) is 32.0 Å². The van der Waals surface area contributed by atoms with Crippen LogP contribution in [-0.4, -0.2) is 50.2 Å². The summed E-state index contributed by atoms with van der Waals surface area (Å²) in [5.41, 5.74) is 0.296. The summed E-state index contributed by atoms with van der Waals surface area (Å²) in [5.74, 6) is -0.272. The molecular formula is C20H25Cl2N3O3S2. The SMILES string of the molecule is CN(CC(=O)Nc1cc(S(=O)(=O)N2CCCCCC2)ccc1Cl)Cc1ccc(Cl)s1. The molecule has 1 fully saturated rings. The lowest BCUT2D eigenvalue weighted by atomic mass is 10.2. The zero-order valence-electron chi connectivity index (χ0n) is 16.7. The topological polar surface area (TPSA) is 69.7 Å². The van der Waals surface area contributed by atoms with Crippen LogP contribution in [0, 0.1) is 0 Å². The van der Waals surface area contributed by atoms with Crippen molar-refractivity contribution in [3.63, 3.8) is 0 Å². The first-order valence-corrected chi connectivity index (χ1v) is 12.8. The third-order valence-electron chi connectivity index (χ3n) is 4.88.